The molecule has 1 saturated heterocycles. The summed E-state index contributed by atoms with van der Waals surface area (Å²) in [5, 5.41) is 3.96. The fourth-order valence-electron chi connectivity index (χ4n) is 3.38. The smallest absolute Gasteiger partial charge is 0.227 e. The summed E-state index contributed by atoms with van der Waals surface area (Å²) in [4.78, 5) is 15.1. The molecule has 0 aromatic heterocycles. The fourth-order valence-corrected chi connectivity index (χ4v) is 3.68. The minimum absolute atomic E-state index is 0.0544. The second-order valence-electron chi connectivity index (χ2n) is 6.60. The number of hydrogen-bond acceptors (Lipinski definition) is 2. The van der Waals surface area contributed by atoms with E-state index >= 15 is 0 Å². The van der Waals surface area contributed by atoms with E-state index in [9.17, 15) is 4.79 Å². The number of hydrogen-bond donors (Lipinski definition) is 1. The molecule has 5 heteroatoms. The number of nitrogens with zero attached hydrogens (tertiary/aromatic N) is 1. The molecule has 0 bridgehead atoms. The van der Waals surface area contributed by atoms with E-state index < -0.39 is 0 Å². The van der Waals surface area contributed by atoms with Crippen LogP contribution in [-0.4, -0.2) is 29.9 Å². The van der Waals surface area contributed by atoms with Gasteiger partial charge in [-0.1, -0.05) is 30.1 Å². The van der Waals surface area contributed by atoms with Crippen LogP contribution in [0.4, 0.5) is 5.69 Å². The molecule has 1 aliphatic rings. The molecule has 1 N–H and O–H groups in total. The number of amides is 1. The molecule has 2 rings (SSSR count). The summed E-state index contributed by atoms with van der Waals surface area (Å²) in [7, 11) is 0. The Hall–Kier alpha value is -0.770. The number of carbonyl (C=O) groups excluding carboxylic acids is 1. The van der Waals surface area contributed by atoms with Gasteiger partial charge in [-0.2, -0.15) is 0 Å². The standard InChI is InChI=1S/C18H26Cl2N2O/c1-4-15(13-7-9-22(10-8-13)12(2)3)18(23)21-14-5-6-16(19)17(20)11-14/h5-6,11-13,15H,4,7-10H2,1-3H3,(H,21,23). The second-order valence-corrected chi connectivity index (χ2v) is 7.41. The van der Waals surface area contributed by atoms with Crippen molar-refractivity contribution in [3.63, 3.8) is 0 Å². The van der Waals surface area contributed by atoms with Crippen molar-refractivity contribution in [2.45, 2.75) is 46.1 Å². The Balaban J connectivity index is 1.97. The predicted molar refractivity (Wildman–Crippen MR) is 98.3 cm³/mol. The number of nitrogens with one attached hydrogen (secondary N) is 1. The van der Waals surface area contributed by atoms with Crippen molar-refractivity contribution < 1.29 is 4.79 Å². The zero-order chi connectivity index (χ0) is 17.0. The van der Waals surface area contributed by atoms with Crippen molar-refractivity contribution in [3.8, 4) is 0 Å². The second kappa shape index (κ2) is 8.36. The van der Waals surface area contributed by atoms with Crippen molar-refractivity contribution >= 4 is 34.8 Å². The lowest BCUT2D eigenvalue weighted by molar-refractivity contribution is -0.122. The van der Waals surface area contributed by atoms with Gasteiger partial charge in [-0.15, -0.1) is 0 Å². The summed E-state index contributed by atoms with van der Waals surface area (Å²) in [6.07, 6.45) is 3.04. The van der Waals surface area contributed by atoms with Crippen molar-refractivity contribution in [1.82, 2.24) is 4.90 Å². The van der Waals surface area contributed by atoms with Crippen molar-refractivity contribution in [2.75, 3.05) is 18.4 Å². The minimum Gasteiger partial charge on any atom is -0.326 e. The van der Waals surface area contributed by atoms with E-state index in [1.807, 2.05) is 0 Å². The van der Waals surface area contributed by atoms with E-state index in [4.69, 9.17) is 23.2 Å². The first kappa shape index (κ1) is 18.6. The Kier molecular flexibility index (Phi) is 6.75. The third-order valence-corrected chi connectivity index (χ3v) is 5.58. The number of anilines is 1. The zero-order valence-corrected chi connectivity index (χ0v) is 15.6. The molecule has 128 valence electrons. The molecular formula is C18H26Cl2N2O. The molecule has 1 atom stereocenters. The van der Waals surface area contributed by atoms with Crippen LogP contribution < -0.4 is 5.32 Å². The Bertz CT molecular complexity index is 540. The Labute approximate surface area is 149 Å². The quantitative estimate of drug-likeness (QED) is 0.797. The van der Waals surface area contributed by atoms with Gasteiger partial charge in [0.05, 0.1) is 10.0 Å². The van der Waals surface area contributed by atoms with Crippen LogP contribution in [0.3, 0.4) is 0 Å². The molecule has 1 aromatic rings. The average molecular weight is 357 g/mol. The summed E-state index contributed by atoms with van der Waals surface area (Å²) >= 11 is 11.9. The third-order valence-electron chi connectivity index (χ3n) is 4.84. The maximum absolute atomic E-state index is 12.7. The number of likely N-dealkylation sites (tertiary alicyclic amines) is 1. The van der Waals surface area contributed by atoms with Crippen LogP contribution in [0.1, 0.15) is 40.0 Å². The molecule has 1 fully saturated rings. The lowest BCUT2D eigenvalue weighted by Crippen LogP contribution is -2.42. The minimum atomic E-state index is 0.0544. The summed E-state index contributed by atoms with van der Waals surface area (Å²) < 4.78 is 0. The summed E-state index contributed by atoms with van der Waals surface area (Å²) in [5.41, 5.74) is 0.711. The Morgan fingerprint density at radius 3 is 2.43 bits per heavy atom. The number of carbonyl (C=O) groups is 1. The Morgan fingerprint density at radius 1 is 1.26 bits per heavy atom. The molecule has 1 unspecified atom stereocenters. The van der Waals surface area contributed by atoms with Gasteiger partial charge in [-0.3, -0.25) is 4.79 Å². The first-order chi connectivity index (χ1) is 10.9. The number of rotatable bonds is 5. The normalized spacial score (nSPS) is 18.2. The molecule has 0 saturated carbocycles. The van der Waals surface area contributed by atoms with Gasteiger partial charge in [0, 0.05) is 17.6 Å². The van der Waals surface area contributed by atoms with E-state index in [-0.39, 0.29) is 11.8 Å². The topological polar surface area (TPSA) is 32.3 Å². The highest BCUT2D eigenvalue weighted by Gasteiger charge is 2.30. The molecule has 0 spiro atoms. The fraction of sp³-hybridized carbons (Fsp3) is 0.611. The van der Waals surface area contributed by atoms with E-state index in [0.29, 0.717) is 27.7 Å². The van der Waals surface area contributed by atoms with Gasteiger partial charge in [0.25, 0.3) is 0 Å². The molecular weight excluding hydrogens is 331 g/mol. The first-order valence-electron chi connectivity index (χ1n) is 8.42. The summed E-state index contributed by atoms with van der Waals surface area (Å²) in [5.74, 6) is 0.602. The van der Waals surface area contributed by atoms with E-state index in [0.717, 1.165) is 32.4 Å². The van der Waals surface area contributed by atoms with Gasteiger partial charge < -0.3 is 10.2 Å². The van der Waals surface area contributed by atoms with Crippen LogP contribution in [0.2, 0.25) is 10.0 Å². The molecule has 0 aliphatic carbocycles. The summed E-state index contributed by atoms with van der Waals surface area (Å²) in [6.45, 7) is 8.72. The van der Waals surface area contributed by atoms with Crippen LogP contribution in [0.25, 0.3) is 0 Å². The third kappa shape index (κ3) is 4.85. The maximum atomic E-state index is 12.7. The largest absolute Gasteiger partial charge is 0.326 e. The number of benzene rings is 1. The first-order valence-corrected chi connectivity index (χ1v) is 9.18. The van der Waals surface area contributed by atoms with Gasteiger partial charge in [-0.05, 0) is 70.3 Å². The number of piperidine rings is 1. The van der Waals surface area contributed by atoms with Crippen LogP contribution in [0.15, 0.2) is 18.2 Å². The van der Waals surface area contributed by atoms with Crippen molar-refractivity contribution in [3.05, 3.63) is 28.2 Å². The van der Waals surface area contributed by atoms with Gasteiger partial charge in [0.15, 0.2) is 0 Å². The predicted octanol–water partition coefficient (Wildman–Crippen LogP) is 5.08. The lowest BCUT2D eigenvalue weighted by atomic mass is 9.82. The van der Waals surface area contributed by atoms with E-state index in [2.05, 4.69) is 31.0 Å². The zero-order valence-electron chi connectivity index (χ0n) is 14.1. The molecule has 23 heavy (non-hydrogen) atoms. The lowest BCUT2D eigenvalue weighted by Gasteiger charge is -2.37. The molecule has 1 aliphatic heterocycles. The van der Waals surface area contributed by atoms with Crippen LogP contribution >= 0.6 is 23.2 Å². The molecule has 0 radical (unpaired) electrons. The van der Waals surface area contributed by atoms with Gasteiger partial charge in [0.2, 0.25) is 5.91 Å². The van der Waals surface area contributed by atoms with Crippen LogP contribution in [0, 0.1) is 11.8 Å². The molecule has 1 heterocycles. The summed E-state index contributed by atoms with van der Waals surface area (Å²) in [6, 6.07) is 5.79. The van der Waals surface area contributed by atoms with Crippen molar-refractivity contribution in [1.29, 1.82) is 0 Å². The Morgan fingerprint density at radius 2 is 1.91 bits per heavy atom. The van der Waals surface area contributed by atoms with Gasteiger partial charge >= 0.3 is 0 Å². The highest BCUT2D eigenvalue weighted by atomic mass is 35.5. The van der Waals surface area contributed by atoms with Crippen molar-refractivity contribution in [2.24, 2.45) is 11.8 Å². The number of halogens is 2. The van der Waals surface area contributed by atoms with E-state index in [1.54, 1.807) is 18.2 Å². The SMILES string of the molecule is CCC(C(=O)Nc1ccc(Cl)c(Cl)c1)C1CCN(C(C)C)CC1. The maximum Gasteiger partial charge on any atom is 0.227 e. The molecule has 1 aromatic carbocycles. The highest BCUT2D eigenvalue weighted by Crippen LogP contribution is 2.30. The molecule has 1 amide bonds. The van der Waals surface area contributed by atoms with E-state index in [1.165, 1.54) is 0 Å². The molecule has 3 nitrogen and oxygen atoms in total. The van der Waals surface area contributed by atoms with Gasteiger partial charge in [-0.25, -0.2) is 0 Å². The monoisotopic (exact) mass is 356 g/mol. The average Bonchev–Trinajstić information content (AvgIpc) is 2.52. The van der Waals surface area contributed by atoms with Gasteiger partial charge in [0.1, 0.15) is 0 Å². The van der Waals surface area contributed by atoms with Crippen LogP contribution in [-0.2, 0) is 4.79 Å². The van der Waals surface area contributed by atoms with Crippen LogP contribution in [0.5, 0.6) is 0 Å². The highest BCUT2D eigenvalue weighted by molar-refractivity contribution is 6.42.